The van der Waals surface area contributed by atoms with Crippen LogP contribution in [0.25, 0.3) is 5.59 Å². The van der Waals surface area contributed by atoms with Crippen LogP contribution in [-0.4, -0.2) is 199 Å². The minimum atomic E-state index is -1.22. The molecule has 0 atom stereocenters. The Labute approximate surface area is 683 Å². The first-order chi connectivity index (χ1) is 51.3. The number of amidine groups is 2. The van der Waals surface area contributed by atoms with Crippen LogP contribution in [0.2, 0.25) is 0 Å². The number of hydrogen-bond donors (Lipinski definition) is 11. The van der Waals surface area contributed by atoms with Crippen molar-refractivity contribution in [3.63, 3.8) is 0 Å². The number of carboxylic acids is 1. The molecule has 32 heteroatoms. The zero-order valence-corrected chi connectivity index (χ0v) is 67.8. The Kier molecular flexibility index (Phi) is 43.8. The summed E-state index contributed by atoms with van der Waals surface area (Å²) in [5.74, 6) is 23.6. The van der Waals surface area contributed by atoms with Crippen molar-refractivity contribution in [1.82, 2.24) is 36.0 Å². The number of nitrogens with two attached hydrogens (primary N) is 4. The monoisotopic (exact) mass is 1580 g/mol. The Morgan fingerprint density at radius 1 is 0.532 bits per heavy atom. The van der Waals surface area contributed by atoms with Gasteiger partial charge in [0.05, 0.1) is 10.9 Å². The topological polar surface area (TPSA) is 443 Å². The van der Waals surface area contributed by atoms with Crippen molar-refractivity contribution >= 4 is 88.7 Å². The van der Waals surface area contributed by atoms with E-state index in [0.29, 0.717) is 69.1 Å². The molecule has 4 aromatic rings. The molecule has 6 heterocycles. The zero-order valence-electron chi connectivity index (χ0n) is 64.3. The van der Waals surface area contributed by atoms with Gasteiger partial charge in [0, 0.05) is 80.0 Å². The van der Waals surface area contributed by atoms with Gasteiger partial charge < -0.3 is 94.2 Å². The Hall–Kier alpha value is -9.57. The van der Waals surface area contributed by atoms with Gasteiger partial charge in [-0.1, -0.05) is 104 Å². The maximum atomic E-state index is 12.5. The van der Waals surface area contributed by atoms with Gasteiger partial charge in [-0.25, -0.2) is 29.2 Å². The summed E-state index contributed by atoms with van der Waals surface area (Å²) in [7, 11) is 0. The smallest absolute Gasteiger partial charge is 0.488 e. The number of hydrogen-bond acceptors (Lipinski definition) is 19. The summed E-state index contributed by atoms with van der Waals surface area (Å²) < 4.78 is 16.0. The molecule has 10 rings (SSSR count). The molecule has 8 amide bonds. The average molecular weight is 1580 g/mol. The molecule has 4 aromatic carbocycles. The quantitative estimate of drug-likeness (QED) is 0.0337. The van der Waals surface area contributed by atoms with Gasteiger partial charge in [-0.3, -0.25) is 24.0 Å². The molecule has 0 radical (unpaired) electrons. The van der Waals surface area contributed by atoms with E-state index >= 15 is 0 Å². The number of aliphatic hydroxyl groups excluding tert-OH is 1. The number of aliphatic hydroxyl groups is 1. The molecule has 15 N–H and O–H groups in total. The van der Waals surface area contributed by atoms with E-state index in [4.69, 9.17) is 70.0 Å². The predicted octanol–water partition coefficient (Wildman–Crippen LogP) is 4.44. The van der Waals surface area contributed by atoms with Crippen molar-refractivity contribution in [2.75, 3.05) is 64.3 Å². The number of carboxylic acid groups (broad SMARTS) is 1. The van der Waals surface area contributed by atoms with Crippen LogP contribution < -0.4 is 73.9 Å². The average Bonchev–Trinajstić information content (AvgIpc) is 1.70. The fraction of sp³-hybridized carbons (Fsp3) is 0.456. The van der Waals surface area contributed by atoms with E-state index in [9.17, 15) is 43.2 Å². The predicted molar refractivity (Wildman–Crippen MR) is 422 cm³/mol. The van der Waals surface area contributed by atoms with Crippen molar-refractivity contribution < 1.29 is 102 Å². The van der Waals surface area contributed by atoms with Crippen molar-refractivity contribution in [3.8, 4) is 47.4 Å². The van der Waals surface area contributed by atoms with Crippen molar-refractivity contribution in [2.24, 2.45) is 33.0 Å². The Balaban J connectivity index is 0.000000687. The number of carbonyl (C=O) groups is 9. The Morgan fingerprint density at radius 3 is 1.12 bits per heavy atom. The zero-order chi connectivity index (χ0) is 81.5. The number of amides is 8. The maximum absolute atomic E-state index is 12.5. The number of nitrogens with one attached hydrogen (secondary N) is 4. The third-order valence-corrected chi connectivity index (χ3v) is 15.9. The molecule has 4 saturated heterocycles. The molecular formula is C79H105Cl2N14NaO15. The minimum Gasteiger partial charge on any atom is -0.488 e. The summed E-state index contributed by atoms with van der Waals surface area (Å²) in [6, 6.07) is 37.3. The number of halogens is 2. The van der Waals surface area contributed by atoms with E-state index in [2.05, 4.69) is 78.5 Å². The number of alkyl halides is 2. The number of aliphatic imine (C=N–C) groups is 2. The van der Waals surface area contributed by atoms with Gasteiger partial charge in [0.1, 0.15) is 33.4 Å². The van der Waals surface area contributed by atoms with E-state index in [-0.39, 0.29) is 98.9 Å². The van der Waals surface area contributed by atoms with Crippen molar-refractivity contribution in [3.05, 3.63) is 149 Å². The van der Waals surface area contributed by atoms with E-state index in [0.717, 1.165) is 42.6 Å². The largest absolute Gasteiger partial charge is 1.00 e. The van der Waals surface area contributed by atoms with Crippen LogP contribution in [0, 0.1) is 47.4 Å². The van der Waals surface area contributed by atoms with E-state index in [1.165, 1.54) is 4.90 Å². The summed E-state index contributed by atoms with van der Waals surface area (Å²) in [4.78, 5) is 120. The van der Waals surface area contributed by atoms with Crippen molar-refractivity contribution in [1.29, 1.82) is 0 Å². The first kappa shape index (κ1) is 99.4. The van der Waals surface area contributed by atoms with Gasteiger partial charge in [-0.15, -0.1) is 23.2 Å². The van der Waals surface area contributed by atoms with Crippen LogP contribution in [0.4, 0.5) is 14.4 Å². The number of carbonyl (C=O) groups excluding carboxylic acids is 8. The molecule has 0 aliphatic carbocycles. The second-order valence-electron chi connectivity index (χ2n) is 27.8. The molecule has 6 aliphatic rings. The molecule has 111 heavy (non-hydrogen) atoms. The van der Waals surface area contributed by atoms with Crippen molar-refractivity contribution in [2.45, 2.75) is 167 Å². The van der Waals surface area contributed by atoms with Gasteiger partial charge in [0.15, 0.2) is 11.7 Å². The second kappa shape index (κ2) is 48.9. The molecular weight excluding hydrogens is 1480 g/mol. The van der Waals surface area contributed by atoms with E-state index in [1.54, 1.807) is 61.8 Å². The summed E-state index contributed by atoms with van der Waals surface area (Å²) in [5.41, 5.74) is 16.6. The normalized spacial score (nSPS) is 16.1. The van der Waals surface area contributed by atoms with Crippen LogP contribution in [0.15, 0.2) is 131 Å². The van der Waals surface area contributed by atoms with Gasteiger partial charge >= 0.3 is 53.8 Å². The number of benzene rings is 4. The molecule has 6 aliphatic heterocycles. The standard InChI is InChI=1S/C20H25N3O4.C20H23N3O3.C15H15N3O.C11H21N3O3.C9H6O2.C2H6O.CH2Cl2.CH4.H3N2O.Na/c1-19(2,3)27-18(26)23-13-11-20(12-14-23,17(21)25)22-16(24)10-9-15-7-5-4-6-8-15;1-19(2,3)26-18(25)23-13-11-20(12-14-23)17(24)21-16(22-20)10-9-15-7-5-4-6-8-15;19-14-15(8-10-16-11-9-15)18-13(17-14)7-6-12-4-2-1-3-5-12;1-10(2,3)17-9(16)14-6-4-11(13,5-7-14)8(12)15;10-9(11)7-6-8-4-2-1-3-5-8;1-2-3;2-1-3;;1-2-3;/h4-8H,11-14H2,1-3H3,(H2,21,25)(H,22,24);4-8H,11-14H2,1-3H3,(H,21,22,24);1-5,16H,8-11H2,(H,17,18,19);4-7,13H2,1-3H3,(H2,12,15);1-5H,(H,10,11);3H,2H2,1H3;1H2;1H4;3H,1H2;/q;;;;;;;;-1;+1. The molecule has 0 saturated carbocycles. The Bertz CT molecular complexity index is 3990. The fourth-order valence-electron chi connectivity index (χ4n) is 10.4. The number of rotatable bonds is 3. The first-order valence-electron chi connectivity index (χ1n) is 34.8. The first-order valence-corrected chi connectivity index (χ1v) is 35.9. The van der Waals surface area contributed by atoms with Gasteiger partial charge in [-0.2, -0.15) is 0 Å². The number of primary amides is 2. The third kappa shape index (κ3) is 36.9. The van der Waals surface area contributed by atoms with E-state index in [1.807, 2.05) is 150 Å². The van der Waals surface area contributed by atoms with Crippen LogP contribution in [0.1, 0.15) is 150 Å². The third-order valence-electron chi connectivity index (χ3n) is 15.9. The van der Waals surface area contributed by atoms with Crippen LogP contribution in [0.5, 0.6) is 0 Å². The maximum Gasteiger partial charge on any atom is 1.00 e. The fourth-order valence-corrected chi connectivity index (χ4v) is 10.4. The van der Waals surface area contributed by atoms with Crippen LogP contribution in [0.3, 0.4) is 0 Å². The SMILES string of the molecule is C.CC(C)(C)OC(=O)N1CCC(N)(C(N)=O)CC1.CC(C)(C)OC(=O)N1CCC(NC(=O)C#Cc2ccccc2)(C(N)=O)CC1.CC(C)(C)OC(=O)N1CCC2(CC1)N=C(C#Cc1ccccc1)NC2=O.CCO.ClCCl.N[N-]O.O=C(O)C#Cc1ccccc1.O=C1NC(C#Cc2ccccc2)=NC12CCNCC2.[Na+]. The Morgan fingerprint density at radius 2 is 0.820 bits per heavy atom. The summed E-state index contributed by atoms with van der Waals surface area (Å²) >= 11 is 9.53. The molecule has 596 valence electrons. The van der Waals surface area contributed by atoms with Gasteiger partial charge in [0.2, 0.25) is 11.8 Å². The van der Waals surface area contributed by atoms with Gasteiger partial charge in [0.25, 0.3) is 17.7 Å². The number of ether oxygens (including phenoxy) is 3. The minimum absolute atomic E-state index is 0. The van der Waals surface area contributed by atoms with Crippen LogP contribution in [-0.2, 0) is 43.0 Å². The summed E-state index contributed by atoms with van der Waals surface area (Å²) in [6.45, 7) is 22.1. The number of aliphatic carboxylic acids is 1. The number of piperidine rings is 4. The summed E-state index contributed by atoms with van der Waals surface area (Å²) in [5, 5.41) is 34.4. The summed E-state index contributed by atoms with van der Waals surface area (Å²) in [6.07, 6.45) is 2.43. The molecule has 0 aromatic heterocycles. The number of nitrogens with zero attached hydrogens (tertiary/aromatic N) is 6. The second-order valence-corrected chi connectivity index (χ2v) is 28.6. The molecule has 2 spiro atoms. The molecule has 4 fully saturated rings. The van der Waals surface area contributed by atoms with E-state index < -0.39 is 68.7 Å². The molecule has 0 bridgehead atoms. The molecule has 29 nitrogen and oxygen atoms in total. The number of likely N-dealkylation sites (tertiary alicyclic amines) is 3. The van der Waals surface area contributed by atoms with Crippen LogP contribution >= 0.6 is 23.2 Å². The van der Waals surface area contributed by atoms with Gasteiger partial charge in [-0.05, 0) is 194 Å². The molecule has 0 unspecified atom stereocenters.